The molecule has 2 aromatic carbocycles. The standard InChI is InChI=1S/C27H36N2O2/c1-4-6-26(31-20-24-9-7-21(3)8-10-24)29-17-15-23(16-18-29)19-28-27(30)25-13-11-22(5-2)12-14-25/h6-14,23H,4-5,15-20H2,1-3H3,(H,28,30). The van der Waals surface area contributed by atoms with Crippen LogP contribution in [0.15, 0.2) is 60.5 Å². The summed E-state index contributed by atoms with van der Waals surface area (Å²) in [4.78, 5) is 14.8. The highest BCUT2D eigenvalue weighted by Gasteiger charge is 2.22. The first-order valence-corrected chi connectivity index (χ1v) is 11.6. The third-order valence-electron chi connectivity index (χ3n) is 5.99. The fourth-order valence-corrected chi connectivity index (χ4v) is 3.88. The molecule has 1 saturated heterocycles. The van der Waals surface area contributed by atoms with Crippen molar-refractivity contribution in [2.45, 2.75) is 53.1 Å². The number of rotatable bonds is 9. The fraction of sp³-hybridized carbons (Fsp3) is 0.444. The van der Waals surface area contributed by atoms with Gasteiger partial charge in [0.2, 0.25) is 0 Å². The Labute approximate surface area is 187 Å². The lowest BCUT2D eigenvalue weighted by molar-refractivity contribution is 0.0759. The summed E-state index contributed by atoms with van der Waals surface area (Å²) in [5.74, 6) is 1.52. The molecule has 1 aliphatic heterocycles. The molecule has 0 saturated carbocycles. The van der Waals surface area contributed by atoms with Gasteiger partial charge in [-0.05, 0) is 67.9 Å². The lowest BCUT2D eigenvalue weighted by Crippen LogP contribution is -2.38. The molecule has 31 heavy (non-hydrogen) atoms. The Kier molecular flexibility index (Phi) is 8.57. The van der Waals surface area contributed by atoms with Gasteiger partial charge in [-0.3, -0.25) is 4.79 Å². The van der Waals surface area contributed by atoms with Crippen molar-refractivity contribution < 1.29 is 9.53 Å². The maximum atomic E-state index is 12.4. The van der Waals surface area contributed by atoms with Gasteiger partial charge in [-0.15, -0.1) is 0 Å². The highest BCUT2D eigenvalue weighted by atomic mass is 16.5. The van der Waals surface area contributed by atoms with E-state index in [1.807, 2.05) is 24.3 Å². The highest BCUT2D eigenvalue weighted by molar-refractivity contribution is 5.94. The smallest absolute Gasteiger partial charge is 0.251 e. The Hall–Kier alpha value is -2.75. The van der Waals surface area contributed by atoms with E-state index in [0.29, 0.717) is 12.5 Å². The number of piperidine rings is 1. The first kappa shape index (κ1) is 22.9. The van der Waals surface area contributed by atoms with Crippen molar-refractivity contribution in [1.29, 1.82) is 0 Å². The van der Waals surface area contributed by atoms with Crippen molar-refractivity contribution in [2.75, 3.05) is 19.6 Å². The van der Waals surface area contributed by atoms with Crippen LogP contribution in [0.3, 0.4) is 0 Å². The van der Waals surface area contributed by atoms with E-state index in [-0.39, 0.29) is 5.91 Å². The Balaban J connectivity index is 1.44. The van der Waals surface area contributed by atoms with E-state index in [0.717, 1.165) is 56.8 Å². The summed E-state index contributed by atoms with van der Waals surface area (Å²) < 4.78 is 6.18. The maximum absolute atomic E-state index is 12.4. The molecular formula is C27H36N2O2. The molecule has 1 fully saturated rings. The normalized spacial score (nSPS) is 15.1. The van der Waals surface area contributed by atoms with Crippen molar-refractivity contribution in [3.05, 3.63) is 82.7 Å². The minimum absolute atomic E-state index is 0.0260. The number of carbonyl (C=O) groups is 1. The topological polar surface area (TPSA) is 41.6 Å². The van der Waals surface area contributed by atoms with Gasteiger partial charge in [0.15, 0.2) is 5.88 Å². The quantitative estimate of drug-likeness (QED) is 0.547. The zero-order valence-corrected chi connectivity index (χ0v) is 19.2. The van der Waals surface area contributed by atoms with Gasteiger partial charge < -0.3 is 15.0 Å². The number of likely N-dealkylation sites (tertiary alicyclic amines) is 1. The summed E-state index contributed by atoms with van der Waals surface area (Å²) in [6.45, 7) is 9.62. The van der Waals surface area contributed by atoms with Crippen LogP contribution in [0.4, 0.5) is 0 Å². The minimum Gasteiger partial charge on any atom is -0.474 e. The van der Waals surface area contributed by atoms with Gasteiger partial charge in [-0.25, -0.2) is 0 Å². The Morgan fingerprint density at radius 2 is 1.68 bits per heavy atom. The number of amides is 1. The Morgan fingerprint density at radius 3 is 2.29 bits per heavy atom. The molecule has 166 valence electrons. The average molecular weight is 421 g/mol. The molecule has 2 aromatic rings. The predicted octanol–water partition coefficient (Wildman–Crippen LogP) is 5.47. The van der Waals surface area contributed by atoms with Crippen LogP contribution in [0.25, 0.3) is 0 Å². The number of carbonyl (C=O) groups excluding carboxylic acids is 1. The van der Waals surface area contributed by atoms with Crippen LogP contribution < -0.4 is 5.32 Å². The lowest BCUT2D eigenvalue weighted by Gasteiger charge is -2.34. The van der Waals surface area contributed by atoms with E-state index in [1.54, 1.807) is 0 Å². The van der Waals surface area contributed by atoms with Crippen LogP contribution in [0.2, 0.25) is 0 Å². The van der Waals surface area contributed by atoms with Crippen LogP contribution in [0, 0.1) is 12.8 Å². The van der Waals surface area contributed by atoms with E-state index in [4.69, 9.17) is 4.74 Å². The summed E-state index contributed by atoms with van der Waals surface area (Å²) in [6.07, 6.45) is 6.24. The average Bonchev–Trinajstić information content (AvgIpc) is 2.81. The van der Waals surface area contributed by atoms with E-state index < -0.39 is 0 Å². The molecule has 0 aliphatic carbocycles. The van der Waals surface area contributed by atoms with Crippen molar-refractivity contribution in [3.8, 4) is 0 Å². The Morgan fingerprint density at radius 1 is 1.03 bits per heavy atom. The van der Waals surface area contributed by atoms with Gasteiger partial charge in [0.05, 0.1) is 0 Å². The van der Waals surface area contributed by atoms with Crippen molar-refractivity contribution in [1.82, 2.24) is 10.2 Å². The van der Waals surface area contributed by atoms with Gasteiger partial charge in [0.25, 0.3) is 5.91 Å². The number of nitrogens with zero attached hydrogens (tertiary/aromatic N) is 1. The molecular weight excluding hydrogens is 384 g/mol. The number of nitrogens with one attached hydrogen (secondary N) is 1. The summed E-state index contributed by atoms with van der Waals surface area (Å²) >= 11 is 0. The molecule has 0 radical (unpaired) electrons. The number of hydrogen-bond donors (Lipinski definition) is 1. The second-order valence-corrected chi connectivity index (χ2v) is 8.42. The minimum atomic E-state index is 0.0260. The van der Waals surface area contributed by atoms with Crippen LogP contribution in [0.1, 0.15) is 60.2 Å². The number of hydrogen-bond acceptors (Lipinski definition) is 3. The molecule has 1 heterocycles. The maximum Gasteiger partial charge on any atom is 0.251 e. The second kappa shape index (κ2) is 11.6. The molecule has 1 amide bonds. The largest absolute Gasteiger partial charge is 0.474 e. The molecule has 4 nitrogen and oxygen atoms in total. The number of allylic oxidation sites excluding steroid dienone is 1. The summed E-state index contributed by atoms with van der Waals surface area (Å²) in [6, 6.07) is 16.4. The van der Waals surface area contributed by atoms with Crippen molar-refractivity contribution in [3.63, 3.8) is 0 Å². The van der Waals surface area contributed by atoms with Gasteiger partial charge in [-0.1, -0.05) is 55.8 Å². The van der Waals surface area contributed by atoms with Gasteiger partial charge in [0, 0.05) is 25.2 Å². The van der Waals surface area contributed by atoms with E-state index in [9.17, 15) is 4.79 Å². The first-order chi connectivity index (χ1) is 15.1. The molecule has 0 unspecified atom stereocenters. The molecule has 1 aliphatic rings. The molecule has 1 N–H and O–H groups in total. The molecule has 0 aromatic heterocycles. The molecule has 4 heteroatoms. The highest BCUT2D eigenvalue weighted by Crippen LogP contribution is 2.22. The fourth-order valence-electron chi connectivity index (χ4n) is 3.88. The van der Waals surface area contributed by atoms with E-state index >= 15 is 0 Å². The number of ether oxygens (including phenoxy) is 1. The van der Waals surface area contributed by atoms with Gasteiger partial charge in [-0.2, -0.15) is 0 Å². The monoisotopic (exact) mass is 420 g/mol. The van der Waals surface area contributed by atoms with Crippen LogP contribution in [-0.2, 0) is 17.8 Å². The van der Waals surface area contributed by atoms with Crippen molar-refractivity contribution >= 4 is 5.91 Å². The number of aryl methyl sites for hydroxylation is 2. The molecule has 0 spiro atoms. The summed E-state index contributed by atoms with van der Waals surface area (Å²) in [5, 5.41) is 3.12. The summed E-state index contributed by atoms with van der Waals surface area (Å²) in [7, 11) is 0. The van der Waals surface area contributed by atoms with E-state index in [1.165, 1.54) is 16.7 Å². The van der Waals surface area contributed by atoms with Crippen LogP contribution >= 0.6 is 0 Å². The predicted molar refractivity (Wildman–Crippen MR) is 127 cm³/mol. The molecule has 0 bridgehead atoms. The van der Waals surface area contributed by atoms with Gasteiger partial charge in [0.1, 0.15) is 6.61 Å². The second-order valence-electron chi connectivity index (χ2n) is 8.42. The zero-order valence-electron chi connectivity index (χ0n) is 19.2. The molecule has 3 rings (SSSR count). The third kappa shape index (κ3) is 6.88. The van der Waals surface area contributed by atoms with Crippen LogP contribution in [0.5, 0.6) is 0 Å². The SMILES string of the molecule is CCC=C(OCc1ccc(C)cc1)N1CCC(CNC(=O)c2ccc(CC)cc2)CC1. The summed E-state index contributed by atoms with van der Waals surface area (Å²) in [5.41, 5.74) is 4.45. The third-order valence-corrected chi connectivity index (χ3v) is 5.99. The zero-order chi connectivity index (χ0) is 22.1. The number of benzene rings is 2. The van der Waals surface area contributed by atoms with Crippen molar-refractivity contribution in [2.24, 2.45) is 5.92 Å². The lowest BCUT2D eigenvalue weighted by atomic mass is 9.96. The molecule has 0 atom stereocenters. The van der Waals surface area contributed by atoms with Gasteiger partial charge >= 0.3 is 0 Å². The van der Waals surface area contributed by atoms with Crippen LogP contribution in [-0.4, -0.2) is 30.4 Å². The first-order valence-electron chi connectivity index (χ1n) is 11.6. The van der Waals surface area contributed by atoms with E-state index in [2.05, 4.69) is 61.3 Å². The Bertz CT molecular complexity index is 848.